The van der Waals surface area contributed by atoms with Gasteiger partial charge in [0.05, 0.1) is 36.2 Å². The molecule has 11 heteroatoms. The lowest BCUT2D eigenvalue weighted by Crippen LogP contribution is -2.56. The molecule has 38 heavy (non-hydrogen) atoms. The number of ether oxygens (including phenoxy) is 1. The van der Waals surface area contributed by atoms with Crippen molar-refractivity contribution >= 4 is 34.1 Å². The van der Waals surface area contributed by atoms with Gasteiger partial charge in [0, 0.05) is 56.1 Å². The number of hydrogen-bond acceptors (Lipinski definition) is 8. The second-order valence-electron chi connectivity index (χ2n) is 10.0. The zero-order valence-electron chi connectivity index (χ0n) is 22.7. The number of hydrogen-bond donors (Lipinski definition) is 3. The Morgan fingerprint density at radius 3 is 2.82 bits per heavy atom. The molecule has 2 unspecified atom stereocenters. The average molecular weight is 518 g/mol. The number of piperazine rings is 1. The zero-order chi connectivity index (χ0) is 27.0. The van der Waals surface area contributed by atoms with Gasteiger partial charge in [0.25, 0.3) is 5.88 Å². The standard InChI is InChI=1S/C27H35N9O2/c1-16-12-29-27(31-22-15-35(5)33-26(22)38-6)32-23(16)20-13-28-24-19(20)8-7-9-21(24)30-25(37)18(3)36-11-10-34(4)14-17(36)2/h7-9,12-13,15,17-18,28H,10-11,14H2,1-6H3,(H,30,37)(H,29,31,32). The summed E-state index contributed by atoms with van der Waals surface area (Å²) in [6.45, 7) is 8.92. The van der Waals surface area contributed by atoms with Gasteiger partial charge in [-0.3, -0.25) is 14.4 Å². The monoisotopic (exact) mass is 517 g/mol. The molecule has 1 aliphatic rings. The first kappa shape index (κ1) is 25.7. The minimum atomic E-state index is -0.231. The molecule has 0 spiro atoms. The first-order chi connectivity index (χ1) is 18.2. The quantitative estimate of drug-likeness (QED) is 0.342. The zero-order valence-corrected chi connectivity index (χ0v) is 22.7. The van der Waals surface area contributed by atoms with E-state index in [9.17, 15) is 4.79 Å². The van der Waals surface area contributed by atoms with Crippen molar-refractivity contribution in [2.24, 2.45) is 7.05 Å². The van der Waals surface area contributed by atoms with Gasteiger partial charge < -0.3 is 25.3 Å². The second kappa shape index (κ2) is 10.4. The lowest BCUT2D eigenvalue weighted by molar-refractivity contribution is -0.122. The van der Waals surface area contributed by atoms with E-state index in [-0.39, 0.29) is 11.9 Å². The number of nitrogens with one attached hydrogen (secondary N) is 3. The smallest absolute Gasteiger partial charge is 0.256 e. The van der Waals surface area contributed by atoms with E-state index in [0.717, 1.165) is 53.0 Å². The highest BCUT2D eigenvalue weighted by Gasteiger charge is 2.30. The second-order valence-corrected chi connectivity index (χ2v) is 10.0. The summed E-state index contributed by atoms with van der Waals surface area (Å²) in [4.78, 5) is 30.5. The number of carbonyl (C=O) groups is 1. The summed E-state index contributed by atoms with van der Waals surface area (Å²) >= 11 is 0. The molecule has 3 N–H and O–H groups in total. The fraction of sp³-hybridized carbons (Fsp3) is 0.407. The van der Waals surface area contributed by atoms with E-state index in [1.807, 2.05) is 51.5 Å². The molecule has 5 rings (SSSR count). The van der Waals surface area contributed by atoms with Crippen LogP contribution in [-0.4, -0.2) is 86.3 Å². The number of nitrogens with zero attached hydrogens (tertiary/aromatic N) is 6. The van der Waals surface area contributed by atoms with Crippen molar-refractivity contribution in [3.05, 3.63) is 42.4 Å². The Morgan fingerprint density at radius 1 is 1.24 bits per heavy atom. The van der Waals surface area contributed by atoms with Gasteiger partial charge in [-0.2, -0.15) is 0 Å². The van der Waals surface area contributed by atoms with Crippen molar-refractivity contribution in [2.45, 2.75) is 32.9 Å². The topological polar surface area (TPSA) is 116 Å². The van der Waals surface area contributed by atoms with Crippen molar-refractivity contribution in [1.29, 1.82) is 0 Å². The first-order valence-corrected chi connectivity index (χ1v) is 12.8. The molecule has 0 saturated carbocycles. The summed E-state index contributed by atoms with van der Waals surface area (Å²) < 4.78 is 7.00. The molecule has 4 aromatic rings. The number of amides is 1. The normalized spacial score (nSPS) is 17.5. The first-order valence-electron chi connectivity index (χ1n) is 12.8. The maximum atomic E-state index is 13.3. The summed E-state index contributed by atoms with van der Waals surface area (Å²) in [5.74, 6) is 0.886. The van der Waals surface area contributed by atoms with Gasteiger partial charge in [0.15, 0.2) is 0 Å². The molecule has 3 aromatic heterocycles. The number of anilines is 3. The highest BCUT2D eigenvalue weighted by atomic mass is 16.5. The molecular formula is C27H35N9O2. The molecule has 200 valence electrons. The molecule has 1 amide bonds. The van der Waals surface area contributed by atoms with Gasteiger partial charge in [-0.15, -0.1) is 5.10 Å². The number of likely N-dealkylation sites (N-methyl/N-ethyl adjacent to an activating group) is 1. The van der Waals surface area contributed by atoms with Crippen molar-refractivity contribution < 1.29 is 9.53 Å². The molecule has 1 aliphatic heterocycles. The third-order valence-electron chi connectivity index (χ3n) is 7.19. The van der Waals surface area contributed by atoms with E-state index >= 15 is 0 Å². The van der Waals surface area contributed by atoms with Crippen LogP contribution in [0.3, 0.4) is 0 Å². The molecular weight excluding hydrogens is 482 g/mol. The van der Waals surface area contributed by atoms with Crippen molar-refractivity contribution in [2.75, 3.05) is 44.4 Å². The number of carbonyl (C=O) groups excluding carboxylic acids is 1. The Morgan fingerprint density at radius 2 is 2.05 bits per heavy atom. The van der Waals surface area contributed by atoms with E-state index in [4.69, 9.17) is 9.72 Å². The fourth-order valence-electron chi connectivity index (χ4n) is 5.17. The van der Waals surface area contributed by atoms with Crippen LogP contribution in [0.4, 0.5) is 17.3 Å². The highest BCUT2D eigenvalue weighted by Crippen LogP contribution is 2.34. The Hall–Kier alpha value is -3.96. The van der Waals surface area contributed by atoms with Crippen LogP contribution < -0.4 is 15.4 Å². The molecule has 11 nitrogen and oxygen atoms in total. The van der Waals surface area contributed by atoms with Crippen molar-refractivity contribution in [3.63, 3.8) is 0 Å². The third kappa shape index (κ3) is 4.94. The molecule has 4 heterocycles. The van der Waals surface area contributed by atoms with Gasteiger partial charge in [-0.1, -0.05) is 12.1 Å². The lowest BCUT2D eigenvalue weighted by atomic mass is 10.1. The highest BCUT2D eigenvalue weighted by molar-refractivity contribution is 6.06. The van der Waals surface area contributed by atoms with Crippen molar-refractivity contribution in [3.8, 4) is 17.1 Å². The van der Waals surface area contributed by atoms with Crippen LogP contribution in [0.1, 0.15) is 19.4 Å². The number of para-hydroxylation sites is 1. The number of fused-ring (bicyclic) bond motifs is 1. The Bertz CT molecular complexity index is 1460. The molecule has 0 bridgehead atoms. The largest absolute Gasteiger partial charge is 0.478 e. The molecule has 1 aromatic carbocycles. The molecule has 1 saturated heterocycles. The van der Waals surface area contributed by atoms with E-state index in [1.54, 1.807) is 18.0 Å². The van der Waals surface area contributed by atoms with Gasteiger partial charge in [-0.25, -0.2) is 9.97 Å². The number of aromatic nitrogens is 5. The summed E-state index contributed by atoms with van der Waals surface area (Å²) in [5, 5.41) is 11.6. The number of aromatic amines is 1. The van der Waals surface area contributed by atoms with E-state index in [0.29, 0.717) is 23.6 Å². The summed E-state index contributed by atoms with van der Waals surface area (Å²) in [5.41, 5.74) is 4.94. The third-order valence-corrected chi connectivity index (χ3v) is 7.19. The number of H-pyrrole nitrogens is 1. The Balaban J connectivity index is 1.41. The summed E-state index contributed by atoms with van der Waals surface area (Å²) in [6, 6.07) is 5.99. The van der Waals surface area contributed by atoms with Crippen LogP contribution in [0, 0.1) is 6.92 Å². The SMILES string of the molecule is COc1nn(C)cc1Nc1ncc(C)c(-c2c[nH]c3c(NC(=O)C(C)N4CCN(C)CC4C)cccc23)n1. The Labute approximate surface area is 222 Å². The molecule has 2 atom stereocenters. The molecule has 0 aliphatic carbocycles. The maximum absolute atomic E-state index is 13.3. The van der Waals surface area contributed by atoms with Crippen LogP contribution in [0.2, 0.25) is 0 Å². The van der Waals surface area contributed by atoms with Crippen molar-refractivity contribution in [1.82, 2.24) is 34.5 Å². The predicted molar refractivity (Wildman–Crippen MR) is 149 cm³/mol. The number of benzene rings is 1. The molecule has 0 radical (unpaired) electrons. The van der Waals surface area contributed by atoms with E-state index in [1.165, 1.54) is 0 Å². The van der Waals surface area contributed by atoms with Crippen LogP contribution in [0.25, 0.3) is 22.2 Å². The van der Waals surface area contributed by atoms with Crippen LogP contribution in [0.5, 0.6) is 5.88 Å². The maximum Gasteiger partial charge on any atom is 0.256 e. The van der Waals surface area contributed by atoms with Crippen LogP contribution >= 0.6 is 0 Å². The van der Waals surface area contributed by atoms with Gasteiger partial charge in [0.1, 0.15) is 5.69 Å². The average Bonchev–Trinajstić information content (AvgIpc) is 3.48. The summed E-state index contributed by atoms with van der Waals surface area (Å²) in [6.07, 6.45) is 5.53. The van der Waals surface area contributed by atoms with Crippen LogP contribution in [-0.2, 0) is 11.8 Å². The predicted octanol–water partition coefficient (Wildman–Crippen LogP) is 3.38. The summed E-state index contributed by atoms with van der Waals surface area (Å²) in [7, 11) is 5.52. The van der Waals surface area contributed by atoms with E-state index < -0.39 is 0 Å². The van der Waals surface area contributed by atoms with Gasteiger partial charge in [-0.05, 0) is 39.4 Å². The van der Waals surface area contributed by atoms with E-state index in [2.05, 4.69) is 49.5 Å². The Kier molecular flexibility index (Phi) is 7.04. The molecule has 1 fully saturated rings. The lowest BCUT2D eigenvalue weighted by Gasteiger charge is -2.41. The minimum absolute atomic E-state index is 0.0137. The van der Waals surface area contributed by atoms with Crippen LogP contribution in [0.15, 0.2) is 36.8 Å². The number of methoxy groups -OCH3 is 1. The minimum Gasteiger partial charge on any atom is -0.478 e. The number of aryl methyl sites for hydroxylation is 2. The van der Waals surface area contributed by atoms with Gasteiger partial charge >= 0.3 is 0 Å². The number of rotatable bonds is 7. The van der Waals surface area contributed by atoms with Gasteiger partial charge in [0.2, 0.25) is 11.9 Å². The fourth-order valence-corrected chi connectivity index (χ4v) is 5.17.